The Morgan fingerprint density at radius 1 is 0.941 bits per heavy atom. The van der Waals surface area contributed by atoms with Crippen LogP contribution >= 0.6 is 0 Å². The number of aryl methyl sites for hydroxylation is 3. The third-order valence-corrected chi connectivity index (χ3v) is 6.81. The van der Waals surface area contributed by atoms with Crippen LogP contribution in [0.2, 0.25) is 0 Å². The second-order valence-corrected chi connectivity index (χ2v) is 11.2. The van der Waals surface area contributed by atoms with Crippen molar-refractivity contribution in [2.24, 2.45) is 5.92 Å². The second-order valence-electron chi connectivity index (χ2n) is 9.33. The van der Waals surface area contributed by atoms with Gasteiger partial charge in [-0.25, -0.2) is 8.42 Å². The van der Waals surface area contributed by atoms with Crippen LogP contribution < -0.4 is 9.62 Å². The van der Waals surface area contributed by atoms with Gasteiger partial charge in [-0.1, -0.05) is 61.9 Å². The zero-order chi connectivity index (χ0) is 25.6. The van der Waals surface area contributed by atoms with Crippen molar-refractivity contribution in [3.05, 3.63) is 64.7 Å². The molecule has 34 heavy (non-hydrogen) atoms. The number of benzene rings is 2. The van der Waals surface area contributed by atoms with Gasteiger partial charge in [-0.15, -0.1) is 0 Å². The van der Waals surface area contributed by atoms with E-state index in [1.807, 2.05) is 77.1 Å². The van der Waals surface area contributed by atoms with Crippen molar-refractivity contribution in [2.75, 3.05) is 23.7 Å². The number of carbonyl (C=O) groups excluding carboxylic acids is 2. The van der Waals surface area contributed by atoms with Gasteiger partial charge in [-0.3, -0.25) is 13.9 Å². The van der Waals surface area contributed by atoms with Gasteiger partial charge in [0.05, 0.1) is 11.9 Å². The third kappa shape index (κ3) is 7.32. The molecule has 1 atom stereocenters. The number of rotatable bonds is 10. The first-order chi connectivity index (χ1) is 15.8. The van der Waals surface area contributed by atoms with Crippen LogP contribution in [0.4, 0.5) is 5.69 Å². The van der Waals surface area contributed by atoms with E-state index in [1.54, 1.807) is 6.92 Å². The average Bonchev–Trinajstić information content (AvgIpc) is 2.74. The molecule has 1 N–H and O–H groups in total. The van der Waals surface area contributed by atoms with E-state index in [2.05, 4.69) is 5.32 Å². The van der Waals surface area contributed by atoms with Crippen molar-refractivity contribution in [1.29, 1.82) is 0 Å². The van der Waals surface area contributed by atoms with Crippen molar-refractivity contribution >= 4 is 27.5 Å². The fourth-order valence-corrected chi connectivity index (χ4v) is 4.66. The lowest BCUT2D eigenvalue weighted by molar-refractivity contribution is -0.139. The van der Waals surface area contributed by atoms with E-state index in [-0.39, 0.29) is 18.4 Å². The molecule has 8 heteroatoms. The van der Waals surface area contributed by atoms with Gasteiger partial charge in [0.2, 0.25) is 21.8 Å². The molecule has 0 aliphatic rings. The summed E-state index contributed by atoms with van der Waals surface area (Å²) in [6.45, 7) is 11.6. The summed E-state index contributed by atoms with van der Waals surface area (Å²) in [7, 11) is -3.75. The molecule has 2 aromatic carbocycles. The molecule has 186 valence electrons. The van der Waals surface area contributed by atoms with Gasteiger partial charge in [0, 0.05) is 13.1 Å². The molecule has 2 rings (SSSR count). The van der Waals surface area contributed by atoms with E-state index in [1.165, 1.54) is 4.90 Å². The van der Waals surface area contributed by atoms with Gasteiger partial charge in [-0.2, -0.15) is 0 Å². The number of sulfonamides is 1. The molecule has 0 bridgehead atoms. The highest BCUT2D eigenvalue weighted by Crippen LogP contribution is 2.27. The molecule has 0 aliphatic carbocycles. The highest BCUT2D eigenvalue weighted by atomic mass is 32.2. The number of para-hydroxylation sites is 1. The molecule has 0 saturated carbocycles. The van der Waals surface area contributed by atoms with Gasteiger partial charge in [0.15, 0.2) is 0 Å². The van der Waals surface area contributed by atoms with Crippen LogP contribution in [0.15, 0.2) is 42.5 Å². The minimum absolute atomic E-state index is 0.194. The number of hydrogen-bond acceptors (Lipinski definition) is 4. The normalized spacial score (nSPS) is 12.4. The standard InChI is InChI=1S/C26H37N3O4S/c1-18(2)15-27-26(31)22(6)28(16-23-13-11-19(3)12-14-23)24(30)17-29(34(7,32)33)25-20(4)9-8-10-21(25)5/h8-14,18,22H,15-17H2,1-7H3,(H,27,31). The fourth-order valence-electron chi connectivity index (χ4n) is 3.70. The molecule has 1 unspecified atom stereocenters. The van der Waals surface area contributed by atoms with E-state index in [0.717, 1.165) is 32.8 Å². The Balaban J connectivity index is 2.41. The third-order valence-electron chi connectivity index (χ3n) is 5.69. The van der Waals surface area contributed by atoms with E-state index < -0.39 is 28.5 Å². The number of anilines is 1. The predicted octanol–water partition coefficient (Wildman–Crippen LogP) is 3.57. The Morgan fingerprint density at radius 3 is 2.00 bits per heavy atom. The first kappa shape index (κ1) is 27.4. The maximum Gasteiger partial charge on any atom is 0.244 e. The largest absolute Gasteiger partial charge is 0.354 e. The van der Waals surface area contributed by atoms with Gasteiger partial charge >= 0.3 is 0 Å². The Hall–Kier alpha value is -2.87. The minimum atomic E-state index is -3.75. The van der Waals surface area contributed by atoms with E-state index >= 15 is 0 Å². The zero-order valence-electron chi connectivity index (χ0n) is 21.3. The Labute approximate surface area is 204 Å². The van der Waals surface area contributed by atoms with Gasteiger partial charge in [-0.05, 0) is 50.3 Å². The molecular weight excluding hydrogens is 450 g/mol. The molecule has 0 spiro atoms. The predicted molar refractivity (Wildman–Crippen MR) is 137 cm³/mol. The molecule has 2 aromatic rings. The van der Waals surface area contributed by atoms with Crippen LogP contribution in [0, 0.1) is 26.7 Å². The Kier molecular flexibility index (Phi) is 9.27. The summed E-state index contributed by atoms with van der Waals surface area (Å²) in [5, 5.41) is 2.88. The molecule has 0 aliphatic heterocycles. The lowest BCUT2D eigenvalue weighted by Gasteiger charge is -2.32. The number of hydrogen-bond donors (Lipinski definition) is 1. The van der Waals surface area contributed by atoms with Crippen LogP contribution in [0.1, 0.15) is 43.0 Å². The summed E-state index contributed by atoms with van der Waals surface area (Å²) >= 11 is 0. The summed E-state index contributed by atoms with van der Waals surface area (Å²) in [6.07, 6.45) is 1.09. The number of nitrogens with zero attached hydrogens (tertiary/aromatic N) is 2. The van der Waals surface area contributed by atoms with Gasteiger partial charge < -0.3 is 10.2 Å². The first-order valence-electron chi connectivity index (χ1n) is 11.5. The Morgan fingerprint density at radius 2 is 1.50 bits per heavy atom. The van der Waals surface area contributed by atoms with Crippen LogP contribution in [-0.2, 0) is 26.2 Å². The second kappa shape index (κ2) is 11.5. The fraction of sp³-hybridized carbons (Fsp3) is 0.462. The van der Waals surface area contributed by atoms with Crippen LogP contribution in [0.5, 0.6) is 0 Å². The van der Waals surface area contributed by atoms with Crippen molar-refractivity contribution in [3.63, 3.8) is 0 Å². The van der Waals surface area contributed by atoms with Crippen LogP contribution in [0.25, 0.3) is 0 Å². The molecule has 0 saturated heterocycles. The molecule has 2 amide bonds. The average molecular weight is 488 g/mol. The summed E-state index contributed by atoms with van der Waals surface area (Å²) < 4.78 is 26.6. The minimum Gasteiger partial charge on any atom is -0.354 e. The maximum atomic E-state index is 13.6. The number of amides is 2. The molecule has 0 aromatic heterocycles. The highest BCUT2D eigenvalue weighted by Gasteiger charge is 2.31. The Bertz CT molecular complexity index is 1090. The summed E-state index contributed by atoms with van der Waals surface area (Å²) in [6, 6.07) is 12.4. The molecule has 0 fully saturated rings. The molecule has 0 radical (unpaired) electrons. The summed E-state index contributed by atoms with van der Waals surface area (Å²) in [4.78, 5) is 27.9. The summed E-state index contributed by atoms with van der Waals surface area (Å²) in [5.74, 6) is -0.449. The zero-order valence-corrected chi connectivity index (χ0v) is 22.1. The van der Waals surface area contributed by atoms with Crippen molar-refractivity contribution in [1.82, 2.24) is 10.2 Å². The topological polar surface area (TPSA) is 86.8 Å². The smallest absolute Gasteiger partial charge is 0.244 e. The van der Waals surface area contributed by atoms with Crippen molar-refractivity contribution in [3.8, 4) is 0 Å². The summed E-state index contributed by atoms with van der Waals surface area (Å²) in [5.41, 5.74) is 3.95. The van der Waals surface area contributed by atoms with Crippen LogP contribution in [0.3, 0.4) is 0 Å². The van der Waals surface area contributed by atoms with Gasteiger partial charge in [0.25, 0.3) is 0 Å². The highest BCUT2D eigenvalue weighted by molar-refractivity contribution is 7.92. The lowest BCUT2D eigenvalue weighted by atomic mass is 10.1. The van der Waals surface area contributed by atoms with Gasteiger partial charge in [0.1, 0.15) is 12.6 Å². The molecule has 7 nitrogen and oxygen atoms in total. The lowest BCUT2D eigenvalue weighted by Crippen LogP contribution is -2.51. The van der Waals surface area contributed by atoms with Crippen molar-refractivity contribution in [2.45, 2.75) is 54.1 Å². The van der Waals surface area contributed by atoms with E-state index in [9.17, 15) is 18.0 Å². The molecular formula is C26H37N3O4S. The monoisotopic (exact) mass is 487 g/mol. The van der Waals surface area contributed by atoms with E-state index in [0.29, 0.717) is 12.2 Å². The maximum absolute atomic E-state index is 13.6. The molecule has 0 heterocycles. The number of nitrogens with one attached hydrogen (secondary N) is 1. The van der Waals surface area contributed by atoms with E-state index in [4.69, 9.17) is 0 Å². The quantitative estimate of drug-likeness (QED) is 0.555. The SMILES string of the molecule is Cc1ccc(CN(C(=O)CN(c2c(C)cccc2C)S(C)(=O)=O)C(C)C(=O)NCC(C)C)cc1. The van der Waals surface area contributed by atoms with Crippen LogP contribution in [-0.4, -0.2) is 50.5 Å². The first-order valence-corrected chi connectivity index (χ1v) is 13.3. The number of carbonyl (C=O) groups is 2. The van der Waals surface area contributed by atoms with Crippen molar-refractivity contribution < 1.29 is 18.0 Å².